The number of hydrogen-bond acceptors (Lipinski definition) is 8. The van der Waals surface area contributed by atoms with Gasteiger partial charge in [-0.05, 0) is 6.92 Å². The van der Waals surface area contributed by atoms with Crippen LogP contribution in [0.15, 0.2) is 24.8 Å². The Bertz CT molecular complexity index is 1070. The summed E-state index contributed by atoms with van der Waals surface area (Å²) in [5, 5.41) is 5.77. The summed E-state index contributed by atoms with van der Waals surface area (Å²) in [5.74, 6) is -1.77. The zero-order chi connectivity index (χ0) is 22.0. The van der Waals surface area contributed by atoms with Crippen LogP contribution in [0.1, 0.15) is 18.7 Å². The highest BCUT2D eigenvalue weighted by Crippen LogP contribution is 2.28. The molecule has 3 aromatic heterocycles. The Hall–Kier alpha value is -3.41. The van der Waals surface area contributed by atoms with E-state index >= 15 is 4.39 Å². The molecule has 1 saturated heterocycles. The molecule has 164 valence electrons. The van der Waals surface area contributed by atoms with E-state index in [-0.39, 0.29) is 23.3 Å². The molecule has 4 rings (SSSR count). The summed E-state index contributed by atoms with van der Waals surface area (Å²) in [4.78, 5) is 18.2. The molecule has 0 radical (unpaired) electrons. The molecule has 1 aliphatic heterocycles. The standard InChI is InChI=1S/C19H21F3N8O/c1-11(16-13(21)7-12(20)8-23-16)25-19-27-17(26-14-9-29(2)10-24-14)15(22)18(28-19)30-3-5-31-6-4-30/h7-11H,3-6H2,1-2H3,(H2,25,26,27,28)/t11-/m1/s1. The van der Waals surface area contributed by atoms with Crippen molar-refractivity contribution >= 4 is 23.4 Å². The largest absolute Gasteiger partial charge is 0.378 e. The first-order valence-electron chi connectivity index (χ1n) is 9.63. The number of rotatable bonds is 6. The fourth-order valence-corrected chi connectivity index (χ4v) is 3.17. The van der Waals surface area contributed by atoms with E-state index in [0.29, 0.717) is 32.1 Å². The van der Waals surface area contributed by atoms with Crippen LogP contribution in [0.5, 0.6) is 0 Å². The van der Waals surface area contributed by atoms with Crippen LogP contribution >= 0.6 is 0 Å². The van der Waals surface area contributed by atoms with E-state index in [1.165, 1.54) is 0 Å². The van der Waals surface area contributed by atoms with Gasteiger partial charge in [0.05, 0.1) is 37.5 Å². The molecule has 1 atom stereocenters. The van der Waals surface area contributed by atoms with Crippen molar-refractivity contribution in [3.8, 4) is 0 Å². The molecule has 0 aliphatic carbocycles. The minimum Gasteiger partial charge on any atom is -0.378 e. The second-order valence-corrected chi connectivity index (χ2v) is 7.07. The lowest BCUT2D eigenvalue weighted by atomic mass is 10.2. The normalized spacial score (nSPS) is 15.1. The van der Waals surface area contributed by atoms with Gasteiger partial charge in [-0.3, -0.25) is 4.98 Å². The maximum Gasteiger partial charge on any atom is 0.227 e. The molecule has 0 bridgehead atoms. The smallest absolute Gasteiger partial charge is 0.227 e. The van der Waals surface area contributed by atoms with Crippen LogP contribution in [0.25, 0.3) is 0 Å². The van der Waals surface area contributed by atoms with Gasteiger partial charge in [-0.2, -0.15) is 14.4 Å². The highest BCUT2D eigenvalue weighted by atomic mass is 19.1. The van der Waals surface area contributed by atoms with Crippen LogP contribution in [-0.4, -0.2) is 50.8 Å². The van der Waals surface area contributed by atoms with E-state index in [4.69, 9.17) is 4.74 Å². The van der Waals surface area contributed by atoms with Gasteiger partial charge in [-0.25, -0.2) is 13.8 Å². The average molecular weight is 434 g/mol. The van der Waals surface area contributed by atoms with Crippen LogP contribution < -0.4 is 15.5 Å². The lowest BCUT2D eigenvalue weighted by molar-refractivity contribution is 0.122. The summed E-state index contributed by atoms with van der Waals surface area (Å²) in [5.41, 5.74) is -0.0125. The molecule has 1 aliphatic rings. The zero-order valence-electron chi connectivity index (χ0n) is 16.9. The Balaban J connectivity index is 1.67. The predicted octanol–water partition coefficient (Wildman–Crippen LogP) is 2.78. The lowest BCUT2D eigenvalue weighted by Gasteiger charge is -2.29. The van der Waals surface area contributed by atoms with Crippen LogP contribution in [0, 0.1) is 17.5 Å². The van der Waals surface area contributed by atoms with E-state index in [1.807, 2.05) is 0 Å². The molecular formula is C19H21F3N8O. The molecule has 9 nitrogen and oxygen atoms in total. The number of anilines is 4. The van der Waals surface area contributed by atoms with E-state index < -0.39 is 23.5 Å². The van der Waals surface area contributed by atoms with Crippen molar-refractivity contribution in [3.05, 3.63) is 47.9 Å². The number of morpholine rings is 1. The predicted molar refractivity (Wildman–Crippen MR) is 108 cm³/mol. The van der Waals surface area contributed by atoms with Crippen LogP contribution in [0.4, 0.5) is 36.6 Å². The highest BCUT2D eigenvalue weighted by molar-refractivity contribution is 5.61. The Morgan fingerprint density at radius 3 is 2.58 bits per heavy atom. The molecule has 0 aromatic carbocycles. The van der Waals surface area contributed by atoms with Crippen molar-refractivity contribution in [3.63, 3.8) is 0 Å². The van der Waals surface area contributed by atoms with Gasteiger partial charge in [-0.1, -0.05) is 0 Å². The Labute approximate surface area is 176 Å². The van der Waals surface area contributed by atoms with Gasteiger partial charge in [0.2, 0.25) is 11.8 Å². The quantitative estimate of drug-likeness (QED) is 0.612. The van der Waals surface area contributed by atoms with Crippen molar-refractivity contribution in [2.45, 2.75) is 13.0 Å². The van der Waals surface area contributed by atoms with Crippen LogP contribution in [0.2, 0.25) is 0 Å². The molecule has 1 fully saturated rings. The number of nitrogens with one attached hydrogen (secondary N) is 2. The van der Waals surface area contributed by atoms with Gasteiger partial charge in [0, 0.05) is 32.4 Å². The van der Waals surface area contributed by atoms with Crippen molar-refractivity contribution in [1.82, 2.24) is 24.5 Å². The van der Waals surface area contributed by atoms with Crippen molar-refractivity contribution in [2.24, 2.45) is 7.05 Å². The number of aromatic nitrogens is 5. The van der Waals surface area contributed by atoms with E-state index in [1.54, 1.807) is 36.0 Å². The summed E-state index contributed by atoms with van der Waals surface area (Å²) in [6.07, 6.45) is 4.16. The minimum atomic E-state index is -0.803. The summed E-state index contributed by atoms with van der Waals surface area (Å²) in [7, 11) is 1.78. The zero-order valence-corrected chi connectivity index (χ0v) is 16.9. The fourth-order valence-electron chi connectivity index (χ4n) is 3.17. The molecule has 0 amide bonds. The fraction of sp³-hybridized carbons (Fsp3) is 0.368. The second-order valence-electron chi connectivity index (χ2n) is 7.07. The SMILES string of the molecule is C[C@@H](Nc1nc(Nc2cn(C)cn2)c(F)c(N2CCOCC2)n1)c1ncc(F)cc1F. The number of hydrogen-bond donors (Lipinski definition) is 2. The minimum absolute atomic E-state index is 0.0125. The molecule has 0 spiro atoms. The number of ether oxygens (including phenoxy) is 1. The highest BCUT2D eigenvalue weighted by Gasteiger charge is 2.23. The van der Waals surface area contributed by atoms with Crippen molar-refractivity contribution in [1.29, 1.82) is 0 Å². The third-order valence-electron chi connectivity index (χ3n) is 4.69. The molecule has 3 aromatic rings. The third-order valence-corrected chi connectivity index (χ3v) is 4.69. The first kappa shape index (κ1) is 20.8. The first-order valence-corrected chi connectivity index (χ1v) is 9.63. The summed E-state index contributed by atoms with van der Waals surface area (Å²) >= 11 is 0. The molecular weight excluding hydrogens is 413 g/mol. The Morgan fingerprint density at radius 2 is 1.90 bits per heavy atom. The van der Waals surface area contributed by atoms with Crippen molar-refractivity contribution in [2.75, 3.05) is 41.8 Å². The third kappa shape index (κ3) is 4.68. The lowest BCUT2D eigenvalue weighted by Crippen LogP contribution is -2.37. The van der Waals surface area contributed by atoms with Gasteiger partial charge in [-0.15, -0.1) is 0 Å². The van der Waals surface area contributed by atoms with Gasteiger partial charge in [0.15, 0.2) is 11.6 Å². The van der Waals surface area contributed by atoms with Crippen molar-refractivity contribution < 1.29 is 17.9 Å². The summed E-state index contributed by atoms with van der Waals surface area (Å²) < 4.78 is 49.6. The number of imidazole rings is 1. The second kappa shape index (κ2) is 8.76. The topological polar surface area (TPSA) is 93.0 Å². The maximum absolute atomic E-state index is 15.3. The molecule has 12 heteroatoms. The molecule has 31 heavy (non-hydrogen) atoms. The first-order chi connectivity index (χ1) is 14.9. The van der Waals surface area contributed by atoms with E-state index in [2.05, 4.69) is 30.6 Å². The number of aryl methyl sites for hydroxylation is 1. The number of nitrogens with zero attached hydrogens (tertiary/aromatic N) is 6. The van der Waals surface area contributed by atoms with Gasteiger partial charge < -0.3 is 24.8 Å². The van der Waals surface area contributed by atoms with E-state index in [0.717, 1.165) is 12.3 Å². The van der Waals surface area contributed by atoms with Crippen LogP contribution in [0.3, 0.4) is 0 Å². The van der Waals surface area contributed by atoms with Gasteiger partial charge >= 0.3 is 0 Å². The van der Waals surface area contributed by atoms with Gasteiger partial charge in [0.25, 0.3) is 0 Å². The molecule has 2 N–H and O–H groups in total. The number of pyridine rings is 1. The summed E-state index contributed by atoms with van der Waals surface area (Å²) in [6.45, 7) is 3.42. The van der Waals surface area contributed by atoms with Crippen LogP contribution in [-0.2, 0) is 11.8 Å². The summed E-state index contributed by atoms with van der Waals surface area (Å²) in [6, 6.07) is 0.0468. The Morgan fingerprint density at radius 1 is 1.13 bits per heavy atom. The van der Waals surface area contributed by atoms with Gasteiger partial charge in [0.1, 0.15) is 17.5 Å². The Kier molecular flexibility index (Phi) is 5.89. The monoisotopic (exact) mass is 434 g/mol. The average Bonchev–Trinajstić information content (AvgIpc) is 3.15. The number of halogens is 3. The molecule has 0 saturated carbocycles. The molecule has 0 unspecified atom stereocenters. The maximum atomic E-state index is 15.3. The molecule has 4 heterocycles. The van der Waals surface area contributed by atoms with E-state index in [9.17, 15) is 8.78 Å².